The van der Waals surface area contributed by atoms with Gasteiger partial charge in [0.15, 0.2) is 0 Å². The fraction of sp³-hybridized carbons (Fsp3) is 0.615. The maximum Gasteiger partial charge on any atom is 0.267 e. The van der Waals surface area contributed by atoms with Gasteiger partial charge in [-0.15, -0.1) is 0 Å². The van der Waals surface area contributed by atoms with E-state index in [-0.39, 0.29) is 5.91 Å². The van der Waals surface area contributed by atoms with Gasteiger partial charge in [0, 0.05) is 19.3 Å². The smallest absolute Gasteiger partial charge is 0.267 e. The summed E-state index contributed by atoms with van der Waals surface area (Å²) in [7, 11) is 0. The van der Waals surface area contributed by atoms with Gasteiger partial charge in [0.05, 0.1) is 0 Å². The SMILES string of the molecule is CC(C)CNC(=O)c1cccn1CC(C)C. The molecule has 0 fully saturated rings. The average molecular weight is 222 g/mol. The van der Waals surface area contributed by atoms with Crippen molar-refractivity contribution in [2.45, 2.75) is 34.2 Å². The summed E-state index contributed by atoms with van der Waals surface area (Å²) >= 11 is 0. The lowest BCUT2D eigenvalue weighted by molar-refractivity contribution is 0.0939. The highest BCUT2D eigenvalue weighted by molar-refractivity contribution is 5.92. The zero-order valence-corrected chi connectivity index (χ0v) is 10.7. The fourth-order valence-electron chi connectivity index (χ4n) is 1.56. The summed E-state index contributed by atoms with van der Waals surface area (Å²) in [6, 6.07) is 3.80. The molecular weight excluding hydrogens is 200 g/mol. The Bertz CT molecular complexity index is 339. The van der Waals surface area contributed by atoms with Crippen LogP contribution in [-0.4, -0.2) is 17.0 Å². The molecule has 3 nitrogen and oxygen atoms in total. The van der Waals surface area contributed by atoms with E-state index < -0.39 is 0 Å². The first-order chi connectivity index (χ1) is 7.50. The number of carbonyl (C=O) groups is 1. The van der Waals surface area contributed by atoms with E-state index >= 15 is 0 Å². The number of rotatable bonds is 5. The summed E-state index contributed by atoms with van der Waals surface area (Å²) in [4.78, 5) is 11.9. The van der Waals surface area contributed by atoms with Crippen molar-refractivity contribution in [2.24, 2.45) is 11.8 Å². The molecule has 1 aromatic rings. The third-order valence-electron chi connectivity index (χ3n) is 2.29. The van der Waals surface area contributed by atoms with E-state index in [9.17, 15) is 4.79 Å². The van der Waals surface area contributed by atoms with E-state index in [1.54, 1.807) is 0 Å². The number of amides is 1. The molecular formula is C13H22N2O. The van der Waals surface area contributed by atoms with Crippen molar-refractivity contribution in [3.63, 3.8) is 0 Å². The van der Waals surface area contributed by atoms with Crippen molar-refractivity contribution in [3.8, 4) is 0 Å². The second kappa shape index (κ2) is 5.73. The standard InChI is InChI=1S/C13H22N2O/c1-10(2)8-14-13(16)12-6-5-7-15(12)9-11(3)4/h5-7,10-11H,8-9H2,1-4H3,(H,14,16). The molecule has 1 aromatic heterocycles. The van der Waals surface area contributed by atoms with Gasteiger partial charge in [0.25, 0.3) is 5.91 Å². The molecule has 0 saturated heterocycles. The second-order valence-electron chi connectivity index (χ2n) is 5.04. The highest BCUT2D eigenvalue weighted by Gasteiger charge is 2.11. The number of hydrogen-bond donors (Lipinski definition) is 1. The normalized spacial score (nSPS) is 11.1. The van der Waals surface area contributed by atoms with Crippen LogP contribution in [0.3, 0.4) is 0 Å². The van der Waals surface area contributed by atoms with Gasteiger partial charge in [-0.05, 0) is 24.0 Å². The largest absolute Gasteiger partial charge is 0.351 e. The first-order valence-electron chi connectivity index (χ1n) is 5.94. The molecule has 16 heavy (non-hydrogen) atoms. The zero-order chi connectivity index (χ0) is 12.1. The van der Waals surface area contributed by atoms with Crippen LogP contribution in [0.15, 0.2) is 18.3 Å². The minimum Gasteiger partial charge on any atom is -0.351 e. The minimum absolute atomic E-state index is 0.0272. The average Bonchev–Trinajstić information content (AvgIpc) is 2.61. The molecule has 0 radical (unpaired) electrons. The van der Waals surface area contributed by atoms with Gasteiger partial charge in [-0.2, -0.15) is 0 Å². The van der Waals surface area contributed by atoms with Crippen LogP contribution >= 0.6 is 0 Å². The van der Waals surface area contributed by atoms with Crippen LogP contribution in [0, 0.1) is 11.8 Å². The van der Waals surface area contributed by atoms with Gasteiger partial charge in [-0.3, -0.25) is 4.79 Å². The summed E-state index contributed by atoms with van der Waals surface area (Å²) in [5.41, 5.74) is 0.759. The van der Waals surface area contributed by atoms with E-state index in [4.69, 9.17) is 0 Å². The van der Waals surface area contributed by atoms with Crippen LogP contribution in [0.2, 0.25) is 0 Å². The number of hydrogen-bond acceptors (Lipinski definition) is 1. The number of carbonyl (C=O) groups excluding carboxylic acids is 1. The molecule has 0 bridgehead atoms. The van der Waals surface area contributed by atoms with Crippen molar-refractivity contribution in [3.05, 3.63) is 24.0 Å². The van der Waals surface area contributed by atoms with Crippen molar-refractivity contribution in [1.29, 1.82) is 0 Å². The molecule has 0 unspecified atom stereocenters. The Morgan fingerprint density at radius 1 is 1.31 bits per heavy atom. The Labute approximate surface area is 97.8 Å². The van der Waals surface area contributed by atoms with E-state index in [0.29, 0.717) is 11.8 Å². The number of nitrogens with zero attached hydrogens (tertiary/aromatic N) is 1. The Morgan fingerprint density at radius 2 is 2.00 bits per heavy atom. The van der Waals surface area contributed by atoms with E-state index in [0.717, 1.165) is 18.8 Å². The topological polar surface area (TPSA) is 34.0 Å². The molecule has 0 saturated carbocycles. The summed E-state index contributed by atoms with van der Waals surface area (Å²) in [6.45, 7) is 10.1. The van der Waals surface area contributed by atoms with E-state index in [1.165, 1.54) is 0 Å². The molecule has 0 aromatic carbocycles. The van der Waals surface area contributed by atoms with E-state index in [1.807, 2.05) is 22.9 Å². The molecule has 1 amide bonds. The molecule has 0 atom stereocenters. The van der Waals surface area contributed by atoms with Gasteiger partial charge in [-0.25, -0.2) is 0 Å². The van der Waals surface area contributed by atoms with Gasteiger partial charge < -0.3 is 9.88 Å². The summed E-state index contributed by atoms with van der Waals surface area (Å²) in [6.07, 6.45) is 1.96. The Kier molecular flexibility index (Phi) is 4.59. The molecule has 1 N–H and O–H groups in total. The third kappa shape index (κ3) is 3.72. The van der Waals surface area contributed by atoms with Crippen LogP contribution in [0.5, 0.6) is 0 Å². The Morgan fingerprint density at radius 3 is 2.56 bits per heavy atom. The fourth-order valence-corrected chi connectivity index (χ4v) is 1.56. The van der Waals surface area contributed by atoms with Crippen molar-refractivity contribution < 1.29 is 4.79 Å². The molecule has 1 heterocycles. The van der Waals surface area contributed by atoms with Gasteiger partial charge in [-0.1, -0.05) is 27.7 Å². The molecule has 0 aliphatic heterocycles. The van der Waals surface area contributed by atoms with Gasteiger partial charge in [0.2, 0.25) is 0 Å². The molecule has 0 spiro atoms. The van der Waals surface area contributed by atoms with Crippen LogP contribution in [0.25, 0.3) is 0 Å². The van der Waals surface area contributed by atoms with Crippen molar-refractivity contribution >= 4 is 5.91 Å². The van der Waals surface area contributed by atoms with Crippen molar-refractivity contribution in [1.82, 2.24) is 9.88 Å². The maximum atomic E-state index is 11.9. The van der Waals surface area contributed by atoms with Crippen LogP contribution < -0.4 is 5.32 Å². The quantitative estimate of drug-likeness (QED) is 0.816. The molecule has 90 valence electrons. The highest BCUT2D eigenvalue weighted by atomic mass is 16.1. The maximum absolute atomic E-state index is 11.9. The predicted octanol–water partition coefficient (Wildman–Crippen LogP) is 2.53. The monoisotopic (exact) mass is 222 g/mol. The predicted molar refractivity (Wildman–Crippen MR) is 66.4 cm³/mol. The zero-order valence-electron chi connectivity index (χ0n) is 10.7. The molecule has 0 aliphatic carbocycles. The minimum atomic E-state index is 0.0272. The second-order valence-corrected chi connectivity index (χ2v) is 5.04. The third-order valence-corrected chi connectivity index (χ3v) is 2.29. The van der Waals surface area contributed by atoms with Crippen molar-refractivity contribution in [2.75, 3.05) is 6.54 Å². The summed E-state index contributed by atoms with van der Waals surface area (Å²) in [5, 5.41) is 2.94. The lowest BCUT2D eigenvalue weighted by Crippen LogP contribution is -2.29. The van der Waals surface area contributed by atoms with E-state index in [2.05, 4.69) is 33.0 Å². The van der Waals surface area contributed by atoms with Crippen LogP contribution in [0.1, 0.15) is 38.2 Å². The summed E-state index contributed by atoms with van der Waals surface area (Å²) in [5.74, 6) is 1.06. The van der Waals surface area contributed by atoms with Gasteiger partial charge >= 0.3 is 0 Å². The summed E-state index contributed by atoms with van der Waals surface area (Å²) < 4.78 is 2.01. The van der Waals surface area contributed by atoms with Crippen LogP contribution in [0.4, 0.5) is 0 Å². The molecule has 0 aliphatic rings. The lowest BCUT2D eigenvalue weighted by Gasteiger charge is -2.12. The van der Waals surface area contributed by atoms with Gasteiger partial charge in [0.1, 0.15) is 5.69 Å². The number of nitrogens with one attached hydrogen (secondary N) is 1. The first-order valence-corrected chi connectivity index (χ1v) is 5.94. The Hall–Kier alpha value is -1.25. The molecule has 1 rings (SSSR count). The Balaban J connectivity index is 2.64. The lowest BCUT2D eigenvalue weighted by atomic mass is 10.2. The first kappa shape index (κ1) is 12.8. The number of aromatic nitrogens is 1. The highest BCUT2D eigenvalue weighted by Crippen LogP contribution is 2.06. The van der Waals surface area contributed by atoms with Crippen LogP contribution in [-0.2, 0) is 6.54 Å². The molecule has 3 heteroatoms.